The Hall–Kier alpha value is -3.29. The Balaban J connectivity index is 2.04. The molecule has 0 N–H and O–H groups in total. The number of benzene rings is 1. The average molecular weight is 511 g/mol. The number of rotatable bonds is 9. The van der Waals surface area contributed by atoms with Gasteiger partial charge in [0.2, 0.25) is 0 Å². The molecule has 2 aliphatic rings. The molecule has 8 nitrogen and oxygen atoms in total. The topological polar surface area (TPSA) is 104 Å². The average Bonchev–Trinajstić information content (AvgIpc) is 2.88. The molecule has 200 valence electrons. The highest BCUT2D eigenvalue weighted by Gasteiger charge is 2.49. The van der Waals surface area contributed by atoms with Crippen LogP contribution in [0.1, 0.15) is 69.9 Å². The third-order valence-electron chi connectivity index (χ3n) is 6.91. The Labute approximate surface area is 219 Å². The smallest absolute Gasteiger partial charge is 0.331 e. The molecular weight excluding hydrogens is 472 g/mol. The molecule has 1 fully saturated rings. The SMILES string of the molecule is CCOC(=O)C1C(C)=NC(C=NC)C(C(=O)OCC)C1c1ccccc1C=CC(=O)OC1CCCCC1. The molecule has 0 saturated heterocycles. The van der Waals surface area contributed by atoms with Crippen molar-refractivity contribution < 1.29 is 28.6 Å². The van der Waals surface area contributed by atoms with Crippen molar-refractivity contribution in [1.82, 2.24) is 0 Å². The van der Waals surface area contributed by atoms with Gasteiger partial charge in [0, 0.05) is 31.0 Å². The molecule has 0 spiro atoms. The number of hydrogen-bond acceptors (Lipinski definition) is 8. The minimum Gasteiger partial charge on any atom is -0.466 e. The zero-order valence-electron chi connectivity index (χ0n) is 22.2. The van der Waals surface area contributed by atoms with Crippen LogP contribution in [-0.4, -0.2) is 62.2 Å². The number of hydrogen-bond donors (Lipinski definition) is 0. The zero-order valence-corrected chi connectivity index (χ0v) is 22.2. The summed E-state index contributed by atoms with van der Waals surface area (Å²) in [6, 6.07) is 6.82. The van der Waals surface area contributed by atoms with Crippen LogP contribution in [0.3, 0.4) is 0 Å². The highest BCUT2D eigenvalue weighted by molar-refractivity contribution is 6.05. The van der Waals surface area contributed by atoms with Gasteiger partial charge in [0.1, 0.15) is 12.0 Å². The van der Waals surface area contributed by atoms with Gasteiger partial charge in [-0.25, -0.2) is 4.79 Å². The Kier molecular flexibility index (Phi) is 10.6. The van der Waals surface area contributed by atoms with Crippen molar-refractivity contribution in [1.29, 1.82) is 0 Å². The summed E-state index contributed by atoms with van der Waals surface area (Å²) in [5.74, 6) is -3.54. The van der Waals surface area contributed by atoms with Gasteiger partial charge in [0.15, 0.2) is 0 Å². The molecule has 8 heteroatoms. The normalized spacial score (nSPS) is 24.6. The third-order valence-corrected chi connectivity index (χ3v) is 6.91. The van der Waals surface area contributed by atoms with E-state index < -0.39 is 41.7 Å². The first kappa shape index (κ1) is 28.3. The van der Waals surface area contributed by atoms with Gasteiger partial charge in [-0.1, -0.05) is 30.7 Å². The molecule has 1 heterocycles. The lowest BCUT2D eigenvalue weighted by molar-refractivity contribution is -0.152. The fourth-order valence-electron chi connectivity index (χ4n) is 5.31. The van der Waals surface area contributed by atoms with Crippen LogP contribution in [0.15, 0.2) is 40.3 Å². The van der Waals surface area contributed by atoms with Crippen molar-refractivity contribution in [3.05, 3.63) is 41.5 Å². The summed E-state index contributed by atoms with van der Waals surface area (Å²) in [7, 11) is 1.62. The van der Waals surface area contributed by atoms with Crippen LogP contribution in [0.25, 0.3) is 6.08 Å². The first-order valence-corrected chi connectivity index (χ1v) is 13.2. The van der Waals surface area contributed by atoms with E-state index in [9.17, 15) is 14.4 Å². The van der Waals surface area contributed by atoms with E-state index in [0.29, 0.717) is 11.3 Å². The Morgan fingerprint density at radius 1 is 1.03 bits per heavy atom. The molecule has 1 aromatic rings. The molecule has 0 amide bonds. The minimum atomic E-state index is -0.800. The van der Waals surface area contributed by atoms with Crippen molar-refractivity contribution in [3.63, 3.8) is 0 Å². The van der Waals surface area contributed by atoms with Gasteiger partial charge in [0.05, 0.1) is 25.2 Å². The first-order valence-electron chi connectivity index (χ1n) is 13.2. The number of nitrogens with zero attached hydrogens (tertiary/aromatic N) is 2. The van der Waals surface area contributed by atoms with Gasteiger partial charge >= 0.3 is 17.9 Å². The molecular formula is C29H38N2O6. The Morgan fingerprint density at radius 2 is 1.70 bits per heavy atom. The molecule has 1 aliphatic heterocycles. The van der Waals surface area contributed by atoms with Crippen LogP contribution in [0.4, 0.5) is 0 Å². The predicted molar refractivity (Wildman–Crippen MR) is 143 cm³/mol. The molecule has 4 unspecified atom stereocenters. The van der Waals surface area contributed by atoms with Crippen LogP contribution in [-0.2, 0) is 28.6 Å². The lowest BCUT2D eigenvalue weighted by atomic mass is 9.69. The lowest BCUT2D eigenvalue weighted by Gasteiger charge is -2.38. The minimum absolute atomic E-state index is 0.0474. The van der Waals surface area contributed by atoms with Gasteiger partial charge in [0.25, 0.3) is 0 Å². The monoisotopic (exact) mass is 510 g/mol. The van der Waals surface area contributed by atoms with Crippen LogP contribution in [0.5, 0.6) is 0 Å². The standard InChI is InChI=1S/C29H38N2O6/c1-5-35-28(33)25-19(3)31-23(18-30-4)27(29(34)36-6-2)26(25)22-15-11-10-12-20(22)16-17-24(32)37-21-13-8-7-9-14-21/h10-12,15-18,21,23,25-27H,5-9,13-14H2,1-4H3. The molecule has 0 radical (unpaired) electrons. The second-order valence-electron chi connectivity index (χ2n) is 9.36. The fraction of sp³-hybridized carbons (Fsp3) is 0.552. The first-order chi connectivity index (χ1) is 17.9. The summed E-state index contributed by atoms with van der Waals surface area (Å²) in [4.78, 5) is 47.9. The van der Waals surface area contributed by atoms with E-state index in [2.05, 4.69) is 9.98 Å². The molecule has 0 aromatic heterocycles. The summed E-state index contributed by atoms with van der Waals surface area (Å²) in [6.45, 7) is 5.65. The van der Waals surface area contributed by atoms with Crippen LogP contribution in [0, 0.1) is 11.8 Å². The highest BCUT2D eigenvalue weighted by Crippen LogP contribution is 2.42. The van der Waals surface area contributed by atoms with Crippen molar-refractivity contribution in [2.75, 3.05) is 20.3 Å². The maximum Gasteiger partial charge on any atom is 0.331 e. The quantitative estimate of drug-likeness (QED) is 0.209. The van der Waals surface area contributed by atoms with E-state index in [1.165, 1.54) is 12.5 Å². The van der Waals surface area contributed by atoms with Crippen molar-refractivity contribution in [3.8, 4) is 0 Å². The zero-order chi connectivity index (χ0) is 26.8. The van der Waals surface area contributed by atoms with E-state index in [-0.39, 0.29) is 19.3 Å². The van der Waals surface area contributed by atoms with Crippen molar-refractivity contribution in [2.45, 2.75) is 70.9 Å². The van der Waals surface area contributed by atoms with Crippen molar-refractivity contribution >= 4 is 35.9 Å². The maximum atomic E-state index is 13.3. The molecule has 37 heavy (non-hydrogen) atoms. The molecule has 0 bridgehead atoms. The number of ether oxygens (including phenoxy) is 3. The number of aliphatic imine (C=N–C) groups is 2. The van der Waals surface area contributed by atoms with E-state index in [4.69, 9.17) is 14.2 Å². The summed E-state index contributed by atoms with van der Waals surface area (Å²) >= 11 is 0. The highest BCUT2D eigenvalue weighted by atomic mass is 16.5. The van der Waals surface area contributed by atoms with Crippen molar-refractivity contribution in [2.24, 2.45) is 21.8 Å². The van der Waals surface area contributed by atoms with Gasteiger partial charge in [-0.15, -0.1) is 0 Å². The fourth-order valence-corrected chi connectivity index (χ4v) is 5.31. The van der Waals surface area contributed by atoms with Crippen LogP contribution < -0.4 is 0 Å². The van der Waals surface area contributed by atoms with Crippen LogP contribution >= 0.6 is 0 Å². The Bertz CT molecular complexity index is 1040. The van der Waals surface area contributed by atoms with Gasteiger partial charge < -0.3 is 14.2 Å². The largest absolute Gasteiger partial charge is 0.466 e. The molecule has 4 atom stereocenters. The second kappa shape index (κ2) is 13.9. The summed E-state index contributed by atoms with van der Waals surface area (Å²) in [5, 5.41) is 0. The molecule has 1 aliphatic carbocycles. The number of carbonyl (C=O) groups is 3. The van der Waals surface area contributed by atoms with Crippen LogP contribution in [0.2, 0.25) is 0 Å². The van der Waals surface area contributed by atoms with Gasteiger partial charge in [-0.2, -0.15) is 0 Å². The summed E-state index contributed by atoms with van der Waals surface area (Å²) in [6.07, 6.45) is 9.76. The number of esters is 3. The maximum absolute atomic E-state index is 13.3. The predicted octanol–water partition coefficient (Wildman–Crippen LogP) is 4.56. The number of carbonyl (C=O) groups excluding carboxylic acids is 3. The molecule has 3 rings (SSSR count). The van der Waals surface area contributed by atoms with E-state index >= 15 is 0 Å². The summed E-state index contributed by atoms with van der Waals surface area (Å²) in [5.41, 5.74) is 1.99. The Morgan fingerprint density at radius 3 is 2.38 bits per heavy atom. The third kappa shape index (κ3) is 7.14. The van der Waals surface area contributed by atoms with E-state index in [1.807, 2.05) is 24.3 Å². The van der Waals surface area contributed by atoms with Gasteiger partial charge in [-0.05, 0) is 63.7 Å². The van der Waals surface area contributed by atoms with E-state index in [1.54, 1.807) is 40.1 Å². The summed E-state index contributed by atoms with van der Waals surface area (Å²) < 4.78 is 16.5. The molecule has 1 aromatic carbocycles. The van der Waals surface area contributed by atoms with E-state index in [0.717, 1.165) is 31.2 Å². The van der Waals surface area contributed by atoms with Gasteiger partial charge in [-0.3, -0.25) is 19.6 Å². The second-order valence-corrected chi connectivity index (χ2v) is 9.36. The molecule has 1 saturated carbocycles. The lowest BCUT2D eigenvalue weighted by Crippen LogP contribution is -2.47.